The van der Waals surface area contributed by atoms with Crippen LogP contribution in [0.3, 0.4) is 0 Å². The van der Waals surface area contributed by atoms with Crippen LogP contribution in [0.4, 0.5) is 0 Å². The second kappa shape index (κ2) is 9.67. The van der Waals surface area contributed by atoms with E-state index in [9.17, 15) is 8.42 Å². The molecular formula is C23H22Cl2N2O3S. The van der Waals surface area contributed by atoms with Crippen LogP contribution in [-0.4, -0.2) is 26.6 Å². The molecule has 0 radical (unpaired) electrons. The highest BCUT2D eigenvalue weighted by atomic mass is 35.5. The first-order valence-electron chi connectivity index (χ1n) is 9.99. The number of sulfonamides is 1. The Morgan fingerprint density at radius 3 is 2.32 bits per heavy atom. The molecule has 3 aromatic rings. The molecule has 1 unspecified atom stereocenters. The SMILES string of the molecule is O=S(=O)(NC(c1cccnc1)C1CCOCC1)c1ccc(-c2ccc(Cl)c(Cl)c2)cc1. The maximum atomic E-state index is 13.2. The molecule has 1 aliphatic heterocycles. The third-order valence-electron chi connectivity index (χ3n) is 5.48. The van der Waals surface area contributed by atoms with E-state index in [2.05, 4.69) is 9.71 Å². The van der Waals surface area contributed by atoms with Crippen molar-refractivity contribution in [1.82, 2.24) is 9.71 Å². The number of rotatable bonds is 6. The van der Waals surface area contributed by atoms with Gasteiger partial charge in [0.15, 0.2) is 0 Å². The van der Waals surface area contributed by atoms with E-state index in [0.29, 0.717) is 23.3 Å². The van der Waals surface area contributed by atoms with E-state index in [-0.39, 0.29) is 16.9 Å². The van der Waals surface area contributed by atoms with Crippen molar-refractivity contribution in [3.63, 3.8) is 0 Å². The second-order valence-corrected chi connectivity index (χ2v) is 10.0. The molecule has 1 saturated heterocycles. The molecule has 0 aliphatic carbocycles. The Morgan fingerprint density at radius 1 is 0.968 bits per heavy atom. The summed E-state index contributed by atoms with van der Waals surface area (Å²) < 4.78 is 34.8. The lowest BCUT2D eigenvalue weighted by molar-refractivity contribution is 0.0564. The van der Waals surface area contributed by atoms with Crippen LogP contribution in [-0.2, 0) is 14.8 Å². The molecule has 0 bridgehead atoms. The second-order valence-electron chi connectivity index (χ2n) is 7.49. The van der Waals surface area contributed by atoms with Crippen LogP contribution in [0.2, 0.25) is 10.0 Å². The minimum absolute atomic E-state index is 0.142. The van der Waals surface area contributed by atoms with E-state index in [1.807, 2.05) is 18.2 Å². The molecular weight excluding hydrogens is 455 g/mol. The minimum atomic E-state index is -3.74. The highest BCUT2D eigenvalue weighted by Crippen LogP contribution is 2.32. The van der Waals surface area contributed by atoms with Crippen LogP contribution in [0.25, 0.3) is 11.1 Å². The van der Waals surface area contributed by atoms with E-state index in [1.54, 1.807) is 48.8 Å². The molecule has 162 valence electrons. The van der Waals surface area contributed by atoms with Crippen molar-refractivity contribution in [2.75, 3.05) is 13.2 Å². The molecule has 31 heavy (non-hydrogen) atoms. The maximum Gasteiger partial charge on any atom is 0.241 e. The summed E-state index contributed by atoms with van der Waals surface area (Å²) in [7, 11) is -3.74. The fraction of sp³-hybridized carbons (Fsp3) is 0.261. The monoisotopic (exact) mass is 476 g/mol. The molecule has 0 amide bonds. The van der Waals surface area contributed by atoms with Crippen LogP contribution in [0.1, 0.15) is 24.4 Å². The number of pyridine rings is 1. The average molecular weight is 477 g/mol. The van der Waals surface area contributed by atoms with E-state index in [4.69, 9.17) is 27.9 Å². The summed E-state index contributed by atoms with van der Waals surface area (Å²) in [5, 5.41) is 0.927. The summed E-state index contributed by atoms with van der Waals surface area (Å²) in [6.07, 6.45) is 4.98. The molecule has 1 N–H and O–H groups in total. The summed E-state index contributed by atoms with van der Waals surface area (Å²) in [5.41, 5.74) is 2.57. The van der Waals surface area contributed by atoms with Gasteiger partial charge < -0.3 is 4.74 Å². The molecule has 1 fully saturated rings. The summed E-state index contributed by atoms with van der Waals surface area (Å²) in [6, 6.07) is 15.4. The van der Waals surface area contributed by atoms with Gasteiger partial charge >= 0.3 is 0 Å². The molecule has 1 aromatic heterocycles. The summed E-state index contributed by atoms with van der Waals surface area (Å²) >= 11 is 12.1. The van der Waals surface area contributed by atoms with Crippen molar-refractivity contribution in [2.24, 2.45) is 5.92 Å². The van der Waals surface area contributed by atoms with Crippen LogP contribution in [0, 0.1) is 5.92 Å². The lowest BCUT2D eigenvalue weighted by Gasteiger charge is -2.31. The van der Waals surface area contributed by atoms with Crippen LogP contribution in [0.15, 0.2) is 71.9 Å². The predicted molar refractivity (Wildman–Crippen MR) is 123 cm³/mol. The van der Waals surface area contributed by atoms with Crippen molar-refractivity contribution in [1.29, 1.82) is 0 Å². The van der Waals surface area contributed by atoms with Gasteiger partial charge in [-0.25, -0.2) is 13.1 Å². The van der Waals surface area contributed by atoms with E-state index >= 15 is 0 Å². The lowest BCUT2D eigenvalue weighted by atomic mass is 9.88. The first-order chi connectivity index (χ1) is 14.9. The Labute approximate surface area is 192 Å². The van der Waals surface area contributed by atoms with Gasteiger partial charge in [0.2, 0.25) is 10.0 Å². The van der Waals surface area contributed by atoms with Gasteiger partial charge in [-0.05, 0) is 65.8 Å². The third-order valence-corrected chi connectivity index (χ3v) is 7.68. The van der Waals surface area contributed by atoms with Gasteiger partial charge in [0.1, 0.15) is 0 Å². The first kappa shape index (κ1) is 22.2. The standard InChI is InChI=1S/C23H22Cl2N2O3S/c24-21-8-5-18(14-22(21)25)16-3-6-20(7-4-16)31(28,29)27-23(17-9-12-30-13-10-17)19-2-1-11-26-15-19/h1-8,11,14-15,17,23,27H,9-10,12-13H2. The molecule has 1 aliphatic rings. The number of benzene rings is 2. The summed E-state index contributed by atoms with van der Waals surface area (Å²) in [4.78, 5) is 4.38. The smallest absolute Gasteiger partial charge is 0.241 e. The molecule has 8 heteroatoms. The van der Waals surface area contributed by atoms with Gasteiger partial charge in [-0.1, -0.05) is 47.5 Å². The zero-order chi connectivity index (χ0) is 21.8. The number of nitrogens with one attached hydrogen (secondary N) is 1. The zero-order valence-electron chi connectivity index (χ0n) is 16.7. The van der Waals surface area contributed by atoms with Crippen molar-refractivity contribution in [3.05, 3.63) is 82.6 Å². The average Bonchev–Trinajstić information content (AvgIpc) is 2.80. The molecule has 4 rings (SSSR count). The fourth-order valence-electron chi connectivity index (χ4n) is 3.78. The number of nitrogens with zero attached hydrogens (tertiary/aromatic N) is 1. The van der Waals surface area contributed by atoms with Crippen molar-refractivity contribution in [2.45, 2.75) is 23.8 Å². The normalized spacial score (nSPS) is 16.2. The number of hydrogen-bond acceptors (Lipinski definition) is 4. The van der Waals surface area contributed by atoms with Gasteiger partial charge in [-0.3, -0.25) is 4.98 Å². The number of aromatic nitrogens is 1. The first-order valence-corrected chi connectivity index (χ1v) is 12.2. The number of hydrogen-bond donors (Lipinski definition) is 1. The largest absolute Gasteiger partial charge is 0.381 e. The number of halogens is 2. The number of ether oxygens (including phenoxy) is 1. The third kappa shape index (κ3) is 5.27. The van der Waals surface area contributed by atoms with E-state index in [1.165, 1.54) is 0 Å². The van der Waals surface area contributed by atoms with Crippen LogP contribution in [0.5, 0.6) is 0 Å². The topological polar surface area (TPSA) is 68.3 Å². The van der Waals surface area contributed by atoms with Gasteiger partial charge in [-0.15, -0.1) is 0 Å². The Morgan fingerprint density at radius 2 is 1.68 bits per heavy atom. The Bertz CT molecular complexity index is 1130. The van der Waals surface area contributed by atoms with Crippen LogP contribution < -0.4 is 4.72 Å². The van der Waals surface area contributed by atoms with Gasteiger partial charge in [0.25, 0.3) is 0 Å². The van der Waals surface area contributed by atoms with Crippen LogP contribution >= 0.6 is 23.2 Å². The lowest BCUT2D eigenvalue weighted by Crippen LogP contribution is -2.36. The Balaban J connectivity index is 1.59. The summed E-state index contributed by atoms with van der Waals surface area (Å²) in [6.45, 7) is 1.25. The summed E-state index contributed by atoms with van der Waals surface area (Å²) in [5.74, 6) is 0.142. The van der Waals surface area contributed by atoms with E-state index in [0.717, 1.165) is 29.5 Å². The van der Waals surface area contributed by atoms with Gasteiger partial charge in [-0.2, -0.15) is 0 Å². The van der Waals surface area contributed by atoms with Crippen molar-refractivity contribution >= 4 is 33.2 Å². The van der Waals surface area contributed by atoms with Gasteiger partial charge in [0.05, 0.1) is 21.0 Å². The van der Waals surface area contributed by atoms with Crippen molar-refractivity contribution in [3.8, 4) is 11.1 Å². The molecule has 0 spiro atoms. The highest BCUT2D eigenvalue weighted by Gasteiger charge is 2.30. The minimum Gasteiger partial charge on any atom is -0.381 e. The van der Waals surface area contributed by atoms with Gasteiger partial charge in [0, 0.05) is 25.6 Å². The molecule has 0 saturated carbocycles. The van der Waals surface area contributed by atoms with E-state index < -0.39 is 10.0 Å². The molecule has 5 nitrogen and oxygen atoms in total. The fourth-order valence-corrected chi connectivity index (χ4v) is 5.37. The molecule has 1 atom stereocenters. The predicted octanol–water partition coefficient (Wildman–Crippen LogP) is 5.50. The Hall–Kier alpha value is -1.96. The quantitative estimate of drug-likeness (QED) is 0.509. The van der Waals surface area contributed by atoms with Crippen molar-refractivity contribution < 1.29 is 13.2 Å². The Kier molecular flexibility index (Phi) is 6.94. The zero-order valence-corrected chi connectivity index (χ0v) is 19.0. The maximum absolute atomic E-state index is 13.2. The molecule has 2 heterocycles. The molecule has 2 aromatic carbocycles. The highest BCUT2D eigenvalue weighted by molar-refractivity contribution is 7.89.